The maximum absolute atomic E-state index is 14.9. The molecule has 0 radical (unpaired) electrons. The fourth-order valence-electron chi connectivity index (χ4n) is 5.56. The first-order chi connectivity index (χ1) is 17.4. The van der Waals surface area contributed by atoms with Crippen molar-refractivity contribution in [3.8, 4) is 0 Å². The Morgan fingerprint density at radius 3 is 2.06 bits per heavy atom. The minimum Gasteiger partial charge on any atom is -0.459 e. The van der Waals surface area contributed by atoms with Gasteiger partial charge in [-0.3, -0.25) is 0 Å². The molecule has 4 rings (SSSR count). The van der Waals surface area contributed by atoms with E-state index in [-0.39, 0.29) is 29.3 Å². The number of benzene rings is 2. The summed E-state index contributed by atoms with van der Waals surface area (Å²) in [5, 5.41) is 0. The number of halogens is 3. The molecular weight excluding hydrogens is 469 g/mol. The van der Waals surface area contributed by atoms with Crippen LogP contribution in [0.3, 0.4) is 0 Å². The molecule has 0 heterocycles. The Morgan fingerprint density at radius 2 is 1.44 bits per heavy atom. The lowest BCUT2D eigenvalue weighted by molar-refractivity contribution is 0.0188. The molecule has 0 amide bonds. The molecular formula is C29H35F3O4. The number of carbonyl (C=O) groups excluding carboxylic acids is 1. The Labute approximate surface area is 211 Å². The number of carbonyl (C=O) groups is 1. The molecule has 196 valence electrons. The second-order valence-electron chi connectivity index (χ2n) is 9.91. The molecule has 0 unspecified atom stereocenters. The summed E-state index contributed by atoms with van der Waals surface area (Å²) in [7, 11) is 1.66. The first kappa shape index (κ1) is 26.7. The van der Waals surface area contributed by atoms with Crippen LogP contribution in [0, 0.1) is 17.5 Å². The Balaban J connectivity index is 1.33. The summed E-state index contributed by atoms with van der Waals surface area (Å²) in [6.45, 7) is 2.84. The lowest BCUT2D eigenvalue weighted by Crippen LogP contribution is -2.25. The van der Waals surface area contributed by atoms with Crippen molar-refractivity contribution < 1.29 is 32.2 Å². The predicted octanol–water partition coefficient (Wildman–Crippen LogP) is 7.20. The molecule has 2 aliphatic rings. The summed E-state index contributed by atoms with van der Waals surface area (Å²) in [6, 6.07) is 8.05. The van der Waals surface area contributed by atoms with Crippen LogP contribution in [0.4, 0.5) is 13.2 Å². The summed E-state index contributed by atoms with van der Waals surface area (Å²) in [6.07, 6.45) is 5.19. The van der Waals surface area contributed by atoms with Crippen LogP contribution in [0.25, 0.3) is 0 Å². The maximum Gasteiger partial charge on any atom is 0.341 e. The molecule has 0 bridgehead atoms. The molecule has 2 saturated carbocycles. The predicted molar refractivity (Wildman–Crippen MR) is 131 cm³/mol. The van der Waals surface area contributed by atoms with Crippen molar-refractivity contribution in [2.45, 2.75) is 88.9 Å². The molecule has 2 aromatic carbocycles. The van der Waals surface area contributed by atoms with Gasteiger partial charge in [0.05, 0.1) is 18.3 Å². The van der Waals surface area contributed by atoms with Gasteiger partial charge in [0.2, 0.25) is 0 Å². The zero-order valence-electron chi connectivity index (χ0n) is 21.0. The average molecular weight is 505 g/mol. The summed E-state index contributed by atoms with van der Waals surface area (Å²) < 4.78 is 60.6. The molecule has 0 saturated heterocycles. The van der Waals surface area contributed by atoms with Crippen molar-refractivity contribution in [3.63, 3.8) is 0 Å². The van der Waals surface area contributed by atoms with Gasteiger partial charge in [-0.15, -0.1) is 0 Å². The van der Waals surface area contributed by atoms with Crippen LogP contribution in [-0.4, -0.2) is 31.9 Å². The van der Waals surface area contributed by atoms with Crippen LogP contribution < -0.4 is 0 Å². The van der Waals surface area contributed by atoms with Crippen molar-refractivity contribution >= 4 is 5.97 Å². The molecule has 0 spiro atoms. The van der Waals surface area contributed by atoms with Crippen molar-refractivity contribution in [3.05, 3.63) is 70.0 Å². The molecule has 2 fully saturated rings. The molecule has 2 aliphatic carbocycles. The quantitative estimate of drug-likeness (QED) is 0.357. The van der Waals surface area contributed by atoms with Gasteiger partial charge in [-0.05, 0) is 98.9 Å². The summed E-state index contributed by atoms with van der Waals surface area (Å²) in [4.78, 5) is 12.7. The second kappa shape index (κ2) is 12.2. The van der Waals surface area contributed by atoms with Gasteiger partial charge in [0.1, 0.15) is 11.9 Å². The number of hydrogen-bond acceptors (Lipinski definition) is 4. The van der Waals surface area contributed by atoms with Gasteiger partial charge in [-0.2, -0.15) is 0 Å². The van der Waals surface area contributed by atoms with Gasteiger partial charge in [-0.25, -0.2) is 18.0 Å². The van der Waals surface area contributed by atoms with E-state index in [1.165, 1.54) is 18.2 Å². The lowest BCUT2D eigenvalue weighted by Gasteiger charge is -2.29. The number of hydrogen-bond donors (Lipinski definition) is 0. The Bertz CT molecular complexity index is 1040. The summed E-state index contributed by atoms with van der Waals surface area (Å²) in [5.74, 6) is -3.26. The average Bonchev–Trinajstić information content (AvgIpc) is 2.89. The highest BCUT2D eigenvalue weighted by Crippen LogP contribution is 2.38. The molecule has 36 heavy (non-hydrogen) atoms. The van der Waals surface area contributed by atoms with E-state index in [0.717, 1.165) is 31.2 Å². The van der Waals surface area contributed by atoms with Crippen LogP contribution in [0.2, 0.25) is 0 Å². The number of ether oxygens (including phenoxy) is 3. The highest BCUT2D eigenvalue weighted by atomic mass is 19.2. The minimum absolute atomic E-state index is 0.0303. The van der Waals surface area contributed by atoms with Gasteiger partial charge in [0.25, 0.3) is 0 Å². The Morgan fingerprint density at radius 1 is 0.833 bits per heavy atom. The first-order valence-corrected chi connectivity index (χ1v) is 13.0. The number of rotatable bonds is 8. The fourth-order valence-corrected chi connectivity index (χ4v) is 5.56. The molecule has 0 aliphatic heterocycles. The minimum atomic E-state index is -1.14. The Hall–Kier alpha value is -2.38. The monoisotopic (exact) mass is 504 g/mol. The first-order valence-electron chi connectivity index (χ1n) is 13.0. The van der Waals surface area contributed by atoms with Crippen LogP contribution in [-0.2, 0) is 20.8 Å². The zero-order chi connectivity index (χ0) is 25.7. The standard InChI is InChI=1S/C29H35F3O4/c1-3-35-17-18-4-13-23(26(30)16-18)19-7-11-22(12-8-19)36-29(33)25-15-14-24(27(31)28(25)32)20-5-9-21(34-2)10-6-20/h4,13-16,19-22H,3,5-12,17H2,1-2H3. The maximum atomic E-state index is 14.9. The van der Waals surface area contributed by atoms with Crippen molar-refractivity contribution in [1.29, 1.82) is 0 Å². The molecule has 0 aromatic heterocycles. The van der Waals surface area contributed by atoms with Gasteiger partial charge in [-0.1, -0.05) is 18.2 Å². The third kappa shape index (κ3) is 6.12. The topological polar surface area (TPSA) is 44.8 Å². The van der Waals surface area contributed by atoms with Crippen LogP contribution in [0.1, 0.15) is 97.2 Å². The third-order valence-electron chi connectivity index (χ3n) is 7.70. The fraction of sp³-hybridized carbons (Fsp3) is 0.552. The molecule has 4 nitrogen and oxygen atoms in total. The van der Waals surface area contributed by atoms with E-state index in [9.17, 15) is 18.0 Å². The van der Waals surface area contributed by atoms with Crippen molar-refractivity contribution in [2.75, 3.05) is 13.7 Å². The molecule has 2 aromatic rings. The highest BCUT2D eigenvalue weighted by molar-refractivity contribution is 5.90. The van der Waals surface area contributed by atoms with Crippen molar-refractivity contribution in [2.24, 2.45) is 0 Å². The van der Waals surface area contributed by atoms with Crippen molar-refractivity contribution in [1.82, 2.24) is 0 Å². The SMILES string of the molecule is CCOCc1ccc(C2CCC(OC(=O)c3ccc(C4CCC(OC)CC4)c(F)c3F)CC2)c(F)c1. The highest BCUT2D eigenvalue weighted by Gasteiger charge is 2.30. The van der Waals surface area contributed by atoms with Crippen LogP contribution >= 0.6 is 0 Å². The van der Waals surface area contributed by atoms with E-state index in [0.29, 0.717) is 50.0 Å². The largest absolute Gasteiger partial charge is 0.459 e. The molecule has 0 atom stereocenters. The van der Waals surface area contributed by atoms with Gasteiger partial charge in [0.15, 0.2) is 11.6 Å². The van der Waals surface area contributed by atoms with Crippen LogP contribution in [0.5, 0.6) is 0 Å². The van der Waals surface area contributed by atoms with E-state index in [4.69, 9.17) is 14.2 Å². The van der Waals surface area contributed by atoms with Gasteiger partial charge < -0.3 is 14.2 Å². The van der Waals surface area contributed by atoms with Gasteiger partial charge >= 0.3 is 5.97 Å². The van der Waals surface area contributed by atoms with E-state index in [2.05, 4.69) is 0 Å². The van der Waals surface area contributed by atoms with E-state index in [1.54, 1.807) is 7.11 Å². The summed E-state index contributed by atoms with van der Waals surface area (Å²) >= 11 is 0. The second-order valence-corrected chi connectivity index (χ2v) is 9.91. The number of methoxy groups -OCH3 is 1. The molecule has 0 N–H and O–H groups in total. The van der Waals surface area contributed by atoms with Gasteiger partial charge in [0, 0.05) is 13.7 Å². The third-order valence-corrected chi connectivity index (χ3v) is 7.70. The smallest absolute Gasteiger partial charge is 0.341 e. The summed E-state index contributed by atoms with van der Waals surface area (Å²) in [5.41, 5.74) is 1.39. The van der Waals surface area contributed by atoms with Crippen LogP contribution in [0.15, 0.2) is 30.3 Å². The van der Waals surface area contributed by atoms with E-state index >= 15 is 0 Å². The number of esters is 1. The zero-order valence-corrected chi connectivity index (χ0v) is 21.0. The van der Waals surface area contributed by atoms with E-state index < -0.39 is 23.7 Å². The van der Waals surface area contributed by atoms with E-state index in [1.807, 2.05) is 19.1 Å². The Kier molecular flexibility index (Phi) is 9.07. The molecule has 7 heteroatoms. The lowest BCUT2D eigenvalue weighted by atomic mass is 9.82. The normalized spacial score (nSPS) is 24.5.